The summed E-state index contributed by atoms with van der Waals surface area (Å²) in [5, 5.41) is 5.91. The Kier molecular flexibility index (Phi) is 12.2. The number of rotatable bonds is 12. The molecule has 200 valence electrons. The predicted molar refractivity (Wildman–Crippen MR) is 135 cm³/mol. The van der Waals surface area contributed by atoms with Crippen LogP contribution in [0, 0.1) is 0 Å². The number of amides is 1. The highest BCUT2D eigenvalue weighted by Gasteiger charge is 2.47. The Morgan fingerprint density at radius 2 is 2.20 bits per heavy atom. The van der Waals surface area contributed by atoms with E-state index in [0.717, 1.165) is 17.4 Å². The van der Waals surface area contributed by atoms with Crippen LogP contribution in [0.15, 0.2) is 29.7 Å². The lowest BCUT2D eigenvalue weighted by atomic mass is 10.2. The van der Waals surface area contributed by atoms with Gasteiger partial charge in [-0.3, -0.25) is 9.36 Å². The Bertz CT molecular complexity index is 889. The number of nitrogens with one attached hydrogen (secondary N) is 1. The molecule has 1 fully saturated rings. The molecule has 1 aliphatic rings. The molecular weight excluding hydrogens is 478 g/mol. The van der Waals surface area contributed by atoms with E-state index in [-0.39, 0.29) is 30.7 Å². The number of allylic oxidation sites excluding steroid dienone is 1. The van der Waals surface area contributed by atoms with Crippen LogP contribution in [0.5, 0.6) is 0 Å². The molecule has 1 aromatic heterocycles. The fourth-order valence-corrected chi connectivity index (χ4v) is 5.30. The van der Waals surface area contributed by atoms with Gasteiger partial charge in [-0.2, -0.15) is 4.98 Å². The third kappa shape index (κ3) is 9.00. The molecule has 0 aromatic carbocycles. The van der Waals surface area contributed by atoms with Crippen LogP contribution >= 0.6 is 8.53 Å². The lowest BCUT2D eigenvalue weighted by molar-refractivity contribution is -0.114. The summed E-state index contributed by atoms with van der Waals surface area (Å²) in [5.41, 5.74) is -0.780. The van der Waals surface area contributed by atoms with Gasteiger partial charge in [0.05, 0.1) is 12.7 Å². The lowest BCUT2D eigenvalue weighted by Gasteiger charge is -2.37. The Balaban J connectivity index is 0.00000217. The van der Waals surface area contributed by atoms with E-state index in [1.165, 1.54) is 26.3 Å². The first-order valence-electron chi connectivity index (χ1n) is 12.6. The molecule has 2 heterocycles. The van der Waals surface area contributed by atoms with Crippen LogP contribution in [-0.2, 0) is 18.6 Å². The Morgan fingerprint density at radius 3 is 2.71 bits per heavy atom. The van der Waals surface area contributed by atoms with Crippen molar-refractivity contribution in [3.8, 4) is 0 Å². The van der Waals surface area contributed by atoms with Crippen LogP contribution in [-0.4, -0.2) is 70.8 Å². The number of carbonyl (C=O) groups is 1. The highest BCUT2D eigenvalue weighted by atomic mass is 31.2. The average molecular weight is 522 g/mol. The summed E-state index contributed by atoms with van der Waals surface area (Å²) in [4.78, 5) is 27.5. The Hall–Kier alpha value is -1.75. The molecule has 0 bridgehead atoms. The van der Waals surface area contributed by atoms with Crippen molar-refractivity contribution in [1.29, 1.82) is 1.43 Å². The first-order chi connectivity index (χ1) is 17.5. The number of aliphatic hydroxyl groups is 1. The first kappa shape index (κ1) is 27.8. The van der Waals surface area contributed by atoms with Crippen molar-refractivity contribution in [3.05, 3.63) is 35.4 Å². The number of carbonyl (C=O) groups excluding carboxylic acids is 1. The van der Waals surface area contributed by atoms with E-state index in [0.29, 0.717) is 6.61 Å². The van der Waals surface area contributed by atoms with E-state index in [9.17, 15) is 9.59 Å². The van der Waals surface area contributed by atoms with Gasteiger partial charge in [0.15, 0.2) is 12.4 Å². The smallest absolute Gasteiger partial charge is 0.351 e. The zero-order chi connectivity index (χ0) is 28.1. The van der Waals surface area contributed by atoms with E-state index < -0.39 is 38.8 Å². The quantitative estimate of drug-likeness (QED) is 0.243. The minimum absolute atomic E-state index is 0.0629. The van der Waals surface area contributed by atoms with Gasteiger partial charge in [0.25, 0.3) is 8.53 Å². The average Bonchev–Trinajstić information content (AvgIpc) is 3.11. The monoisotopic (exact) mass is 521 g/mol. The van der Waals surface area contributed by atoms with Crippen molar-refractivity contribution in [2.24, 2.45) is 0 Å². The molecule has 5 unspecified atom stereocenters. The molecule has 0 radical (unpaired) electrons. The molecule has 35 heavy (non-hydrogen) atoms. The third-order valence-corrected chi connectivity index (χ3v) is 7.02. The highest BCUT2D eigenvalue weighted by molar-refractivity contribution is 7.44. The van der Waals surface area contributed by atoms with Crippen molar-refractivity contribution in [1.82, 2.24) is 14.2 Å². The van der Waals surface area contributed by atoms with Crippen LogP contribution in [0.2, 0.25) is 0 Å². The fourth-order valence-electron chi connectivity index (χ4n) is 3.50. The van der Waals surface area contributed by atoms with Gasteiger partial charge >= 0.3 is 5.69 Å². The van der Waals surface area contributed by atoms with Crippen molar-refractivity contribution in [2.45, 2.75) is 91.1 Å². The van der Waals surface area contributed by atoms with Crippen molar-refractivity contribution >= 4 is 20.3 Å². The molecule has 1 aliphatic heterocycles. The lowest BCUT2D eigenvalue weighted by Crippen LogP contribution is -2.38. The molecule has 2 rings (SSSR count). The number of unbranched alkanes of at least 4 members (excludes halogenated alkanes) is 1. The topological polar surface area (TPSA) is 115 Å². The molecule has 5 atom stereocenters. The van der Waals surface area contributed by atoms with Gasteiger partial charge in [0, 0.05) is 33.7 Å². The maximum Gasteiger partial charge on any atom is 0.351 e. The second kappa shape index (κ2) is 15.4. The number of aliphatic hydroxyl groups excluding tert-OH is 1. The maximum atomic E-state index is 15.7. The Morgan fingerprint density at radius 1 is 1.54 bits per heavy atom. The molecule has 0 aliphatic carbocycles. The van der Waals surface area contributed by atoms with Crippen LogP contribution in [0.25, 0.3) is 0 Å². The Labute approximate surface area is 211 Å². The summed E-state index contributed by atoms with van der Waals surface area (Å²) in [5.74, 6) is -0.317. The van der Waals surface area contributed by atoms with Gasteiger partial charge in [-0.25, -0.2) is 13.9 Å². The van der Waals surface area contributed by atoms with Crippen LogP contribution < -0.4 is 11.0 Å². The van der Waals surface area contributed by atoms with Crippen molar-refractivity contribution < 1.29 is 29.4 Å². The summed E-state index contributed by atoms with van der Waals surface area (Å²) in [6.07, 6.45) is -0.388. The molecule has 1 saturated heterocycles. The summed E-state index contributed by atoms with van der Waals surface area (Å²) in [7, 11) is -0.363. The minimum Gasteiger partial charge on any atom is -0.400 e. The minimum atomic E-state index is -1.73. The molecule has 2 N–H and O–H groups in total. The van der Waals surface area contributed by atoms with E-state index >= 15 is 4.39 Å². The molecule has 12 heteroatoms. The second-order valence-corrected chi connectivity index (χ2v) is 9.74. The van der Waals surface area contributed by atoms with Crippen molar-refractivity contribution in [3.63, 3.8) is 0 Å². The SMILES string of the molecule is [2H]CC1OC(n2ccc(NC(C)=O)nc2=O)C(F)C1OP(OCCCC=C)N(C(C)C)C(C)C.[3H]OC. The fraction of sp³-hybridized carbons (Fsp3) is 0.696. The molecule has 1 amide bonds. The molecule has 0 saturated carbocycles. The predicted octanol–water partition coefficient (Wildman–Crippen LogP) is 3.78. The number of ether oxygens (including phenoxy) is 1. The number of anilines is 1. The summed E-state index contributed by atoms with van der Waals surface area (Å²) in [6, 6.07) is 1.53. The van der Waals surface area contributed by atoms with Crippen molar-refractivity contribution in [2.75, 3.05) is 19.0 Å². The molecule has 1 aromatic rings. The summed E-state index contributed by atoms with van der Waals surface area (Å²) in [6.45, 7) is 13.2. The van der Waals surface area contributed by atoms with Gasteiger partial charge in [0.1, 0.15) is 11.9 Å². The summed E-state index contributed by atoms with van der Waals surface area (Å²) < 4.78 is 50.3. The standard InChI is InChI=1S/C22H36FN4O5P.CH4O/c1-8-9-10-13-30-33(27(14(2)3)15(4)5)32-20-16(6)31-21(19(20)23)26-12-11-18(24-17(7)28)25-22(26)29;1-2/h8,11-12,14-16,19-21H,1,9-10,13H2,2-7H3,(H,24,25,28,29);2H,1H3/i6D;2T. The van der Waals surface area contributed by atoms with Crippen LogP contribution in [0.4, 0.5) is 10.2 Å². The zero-order valence-corrected chi connectivity index (χ0v) is 22.2. The van der Waals surface area contributed by atoms with E-state index in [1.54, 1.807) is 6.08 Å². The van der Waals surface area contributed by atoms with Gasteiger partial charge in [-0.05, 0) is 53.5 Å². The molecule has 0 spiro atoms. The third-order valence-electron chi connectivity index (χ3n) is 4.89. The van der Waals surface area contributed by atoms with E-state index in [2.05, 4.69) is 22.0 Å². The van der Waals surface area contributed by atoms with Gasteiger partial charge < -0.3 is 24.2 Å². The molecule has 10 nitrogen and oxygen atoms in total. The number of hydrogen-bond acceptors (Lipinski definition) is 8. The second-order valence-electron chi connectivity index (χ2n) is 8.33. The first-order valence-corrected chi connectivity index (χ1v) is 12.6. The number of alkyl halides is 1. The largest absolute Gasteiger partial charge is 0.400 e. The number of halogens is 1. The highest BCUT2D eigenvalue weighted by Crippen LogP contribution is 2.50. The zero-order valence-electron chi connectivity index (χ0n) is 23.3. The number of aromatic nitrogens is 2. The maximum absolute atomic E-state index is 15.7. The number of nitrogens with zero attached hydrogens (tertiary/aromatic N) is 3. The number of hydrogen-bond donors (Lipinski definition) is 2. The van der Waals surface area contributed by atoms with E-state index in [1.807, 2.05) is 32.4 Å². The van der Waals surface area contributed by atoms with Gasteiger partial charge in [-0.1, -0.05) is 6.08 Å². The van der Waals surface area contributed by atoms with Gasteiger partial charge in [-0.15, -0.1) is 6.58 Å². The normalized spacial score (nSPS) is 23.5. The summed E-state index contributed by atoms with van der Waals surface area (Å²) >= 11 is 0. The van der Waals surface area contributed by atoms with Crippen LogP contribution in [0.1, 0.15) is 62.0 Å². The molecular formula is C23H40FN4O6P. The van der Waals surface area contributed by atoms with Gasteiger partial charge in [0.2, 0.25) is 7.34 Å². The van der Waals surface area contributed by atoms with Crippen LogP contribution in [0.3, 0.4) is 0 Å². The van der Waals surface area contributed by atoms with E-state index in [4.69, 9.17) is 16.6 Å².